The first kappa shape index (κ1) is 7.99. The van der Waals surface area contributed by atoms with E-state index in [-0.39, 0.29) is 5.82 Å². The van der Waals surface area contributed by atoms with Crippen LogP contribution in [0.3, 0.4) is 0 Å². The van der Waals surface area contributed by atoms with E-state index in [1.54, 1.807) is 6.07 Å². The normalized spacial score (nSPS) is 9.92. The van der Waals surface area contributed by atoms with Gasteiger partial charge in [-0.3, -0.25) is 0 Å². The SMILES string of the molecule is Fc1cccc(-c2cc[c]cc2)c1. The molecule has 13 heavy (non-hydrogen) atoms. The van der Waals surface area contributed by atoms with E-state index in [0.717, 1.165) is 11.1 Å². The van der Waals surface area contributed by atoms with Gasteiger partial charge in [0.25, 0.3) is 0 Å². The molecule has 1 radical (unpaired) electrons. The predicted octanol–water partition coefficient (Wildman–Crippen LogP) is 3.29. The quantitative estimate of drug-likeness (QED) is 0.617. The molecule has 0 aliphatic carbocycles. The van der Waals surface area contributed by atoms with Gasteiger partial charge in [-0.15, -0.1) is 0 Å². The van der Waals surface area contributed by atoms with Crippen LogP contribution in [0.15, 0.2) is 48.5 Å². The number of hydrogen-bond donors (Lipinski definition) is 0. The summed E-state index contributed by atoms with van der Waals surface area (Å²) in [6.07, 6.45) is 0. The smallest absolute Gasteiger partial charge is 0.123 e. The molecule has 2 aromatic rings. The average Bonchev–Trinajstić information content (AvgIpc) is 2.19. The second kappa shape index (κ2) is 3.40. The maximum absolute atomic E-state index is 12.8. The minimum atomic E-state index is -0.203. The van der Waals surface area contributed by atoms with E-state index in [1.807, 2.05) is 30.3 Å². The van der Waals surface area contributed by atoms with Crippen LogP contribution in [-0.2, 0) is 0 Å². The van der Waals surface area contributed by atoms with E-state index >= 15 is 0 Å². The highest BCUT2D eigenvalue weighted by Crippen LogP contribution is 2.18. The van der Waals surface area contributed by atoms with E-state index in [9.17, 15) is 4.39 Å². The standard InChI is InChI=1S/C12H8F/c13-12-8-4-7-11(9-12)10-5-2-1-3-6-10/h2-9H. The highest BCUT2D eigenvalue weighted by atomic mass is 19.1. The van der Waals surface area contributed by atoms with Gasteiger partial charge in [0.1, 0.15) is 5.82 Å². The van der Waals surface area contributed by atoms with Gasteiger partial charge in [0.15, 0.2) is 0 Å². The molecule has 63 valence electrons. The predicted molar refractivity (Wildman–Crippen MR) is 50.7 cm³/mol. The van der Waals surface area contributed by atoms with E-state index in [0.29, 0.717) is 0 Å². The van der Waals surface area contributed by atoms with Crippen molar-refractivity contribution in [1.82, 2.24) is 0 Å². The minimum absolute atomic E-state index is 0.203. The lowest BCUT2D eigenvalue weighted by Crippen LogP contribution is -1.78. The maximum atomic E-state index is 12.8. The van der Waals surface area contributed by atoms with Crippen LogP contribution in [-0.4, -0.2) is 0 Å². The Hall–Kier alpha value is -1.63. The number of hydrogen-bond acceptors (Lipinski definition) is 0. The summed E-state index contributed by atoms with van der Waals surface area (Å²) in [5.74, 6) is -0.203. The molecule has 0 aliphatic heterocycles. The van der Waals surface area contributed by atoms with Crippen molar-refractivity contribution in [3.63, 3.8) is 0 Å². The Balaban J connectivity index is 2.48. The summed E-state index contributed by atoms with van der Waals surface area (Å²) >= 11 is 0. The van der Waals surface area contributed by atoms with Gasteiger partial charge >= 0.3 is 0 Å². The summed E-state index contributed by atoms with van der Waals surface area (Å²) < 4.78 is 12.8. The molecule has 2 aromatic carbocycles. The van der Waals surface area contributed by atoms with E-state index in [2.05, 4.69) is 6.07 Å². The van der Waals surface area contributed by atoms with Gasteiger partial charge in [0.2, 0.25) is 0 Å². The third-order valence-corrected chi connectivity index (χ3v) is 1.88. The Morgan fingerprint density at radius 1 is 0.923 bits per heavy atom. The first-order valence-electron chi connectivity index (χ1n) is 4.08. The molecule has 0 atom stereocenters. The van der Waals surface area contributed by atoms with Crippen LogP contribution in [0.2, 0.25) is 0 Å². The molecular formula is C12H8F. The van der Waals surface area contributed by atoms with Crippen LogP contribution in [0.25, 0.3) is 11.1 Å². The Kier molecular flexibility index (Phi) is 2.09. The second-order valence-electron chi connectivity index (χ2n) is 2.80. The Morgan fingerprint density at radius 3 is 2.38 bits per heavy atom. The minimum Gasteiger partial charge on any atom is -0.207 e. The second-order valence-corrected chi connectivity index (χ2v) is 2.80. The van der Waals surface area contributed by atoms with Gasteiger partial charge < -0.3 is 0 Å². The molecule has 0 saturated carbocycles. The largest absolute Gasteiger partial charge is 0.207 e. The van der Waals surface area contributed by atoms with Crippen molar-refractivity contribution >= 4 is 0 Å². The van der Waals surface area contributed by atoms with Crippen molar-refractivity contribution in [3.8, 4) is 11.1 Å². The first-order chi connectivity index (χ1) is 6.36. The summed E-state index contributed by atoms with van der Waals surface area (Å²) in [6.45, 7) is 0. The van der Waals surface area contributed by atoms with Gasteiger partial charge in [0, 0.05) is 0 Å². The number of benzene rings is 2. The van der Waals surface area contributed by atoms with E-state index in [4.69, 9.17) is 0 Å². The summed E-state index contributed by atoms with van der Waals surface area (Å²) in [5.41, 5.74) is 1.91. The fourth-order valence-corrected chi connectivity index (χ4v) is 1.25. The lowest BCUT2D eigenvalue weighted by atomic mass is 10.1. The Bertz CT molecular complexity index is 393. The molecule has 0 nitrogen and oxygen atoms in total. The van der Waals surface area contributed by atoms with Gasteiger partial charge in [-0.1, -0.05) is 36.4 Å². The summed E-state index contributed by atoms with van der Waals surface area (Å²) in [4.78, 5) is 0. The van der Waals surface area contributed by atoms with Crippen LogP contribution in [0.1, 0.15) is 0 Å². The van der Waals surface area contributed by atoms with Gasteiger partial charge in [-0.2, -0.15) is 0 Å². The molecule has 2 rings (SSSR count). The Morgan fingerprint density at radius 2 is 1.69 bits per heavy atom. The molecular weight excluding hydrogens is 163 g/mol. The lowest BCUT2D eigenvalue weighted by Gasteiger charge is -1.99. The molecule has 1 heteroatoms. The van der Waals surface area contributed by atoms with Gasteiger partial charge in [-0.25, -0.2) is 4.39 Å². The molecule has 0 spiro atoms. The summed E-state index contributed by atoms with van der Waals surface area (Å²) in [6, 6.07) is 16.9. The summed E-state index contributed by atoms with van der Waals surface area (Å²) in [7, 11) is 0. The van der Waals surface area contributed by atoms with Crippen molar-refractivity contribution in [2.45, 2.75) is 0 Å². The molecule has 0 bridgehead atoms. The first-order valence-corrected chi connectivity index (χ1v) is 4.08. The zero-order valence-corrected chi connectivity index (χ0v) is 7.00. The highest BCUT2D eigenvalue weighted by Gasteiger charge is 1.96. The van der Waals surface area contributed by atoms with Crippen molar-refractivity contribution in [3.05, 3.63) is 60.4 Å². The molecule has 0 amide bonds. The van der Waals surface area contributed by atoms with Crippen molar-refractivity contribution in [2.24, 2.45) is 0 Å². The maximum Gasteiger partial charge on any atom is 0.123 e. The van der Waals surface area contributed by atoms with Crippen LogP contribution in [0.5, 0.6) is 0 Å². The van der Waals surface area contributed by atoms with Crippen molar-refractivity contribution < 1.29 is 4.39 Å². The zero-order valence-electron chi connectivity index (χ0n) is 7.00. The summed E-state index contributed by atoms with van der Waals surface area (Å²) in [5, 5.41) is 0. The molecule has 0 saturated heterocycles. The van der Waals surface area contributed by atoms with Gasteiger partial charge in [0.05, 0.1) is 0 Å². The van der Waals surface area contributed by atoms with E-state index in [1.165, 1.54) is 12.1 Å². The zero-order chi connectivity index (χ0) is 9.10. The fourth-order valence-electron chi connectivity index (χ4n) is 1.25. The number of rotatable bonds is 1. The lowest BCUT2D eigenvalue weighted by molar-refractivity contribution is 0.628. The molecule has 0 aromatic heterocycles. The van der Waals surface area contributed by atoms with Crippen molar-refractivity contribution in [2.75, 3.05) is 0 Å². The molecule has 0 fully saturated rings. The third-order valence-electron chi connectivity index (χ3n) is 1.88. The Labute approximate surface area is 76.7 Å². The van der Waals surface area contributed by atoms with Gasteiger partial charge in [-0.05, 0) is 29.3 Å². The monoisotopic (exact) mass is 171 g/mol. The molecule has 0 heterocycles. The average molecular weight is 171 g/mol. The fraction of sp³-hybridized carbons (Fsp3) is 0. The molecule has 0 N–H and O–H groups in total. The van der Waals surface area contributed by atoms with Crippen molar-refractivity contribution in [1.29, 1.82) is 0 Å². The topological polar surface area (TPSA) is 0 Å². The number of halogens is 1. The van der Waals surface area contributed by atoms with Crippen LogP contribution < -0.4 is 0 Å². The highest BCUT2D eigenvalue weighted by molar-refractivity contribution is 5.62. The molecule has 0 unspecified atom stereocenters. The van der Waals surface area contributed by atoms with Crippen LogP contribution >= 0.6 is 0 Å². The molecule has 0 aliphatic rings. The van der Waals surface area contributed by atoms with Crippen LogP contribution in [0, 0.1) is 11.9 Å². The van der Waals surface area contributed by atoms with Crippen LogP contribution in [0.4, 0.5) is 4.39 Å². The third kappa shape index (κ3) is 1.75. The van der Waals surface area contributed by atoms with E-state index < -0.39 is 0 Å².